The topological polar surface area (TPSA) is 38.9 Å². The molecule has 0 aliphatic heterocycles. The van der Waals surface area contributed by atoms with Crippen LogP contribution < -0.4 is 18.1 Å². The standard InChI is InChI=1S/C14H12ClF3N2.ClH/c15-11-7-10(14(16,17)18)8-20-13(11)12(19)6-9-4-2-1-3-5-9;/h1-5,7-8,12H,6,19H2;1H/p-1. The second kappa shape index (κ2) is 7.11. The molecule has 0 saturated heterocycles. The summed E-state index contributed by atoms with van der Waals surface area (Å²) in [4.78, 5) is 3.76. The van der Waals surface area contributed by atoms with Crippen molar-refractivity contribution in [3.05, 3.63) is 64.4 Å². The number of benzene rings is 1. The Morgan fingerprint density at radius 2 is 1.81 bits per heavy atom. The Morgan fingerprint density at radius 3 is 2.33 bits per heavy atom. The Hall–Kier alpha value is -1.30. The van der Waals surface area contributed by atoms with Gasteiger partial charge in [-0.05, 0) is 18.1 Å². The second-order valence-corrected chi connectivity index (χ2v) is 4.79. The molecule has 0 fully saturated rings. The lowest BCUT2D eigenvalue weighted by Gasteiger charge is -2.14. The molecule has 2 N–H and O–H groups in total. The molecular formula is C14H12Cl2F3N2-. The van der Waals surface area contributed by atoms with Crippen LogP contribution in [0.1, 0.15) is 22.9 Å². The number of halogens is 5. The first-order valence-electron chi connectivity index (χ1n) is 5.90. The van der Waals surface area contributed by atoms with Crippen LogP contribution in [0.15, 0.2) is 42.6 Å². The molecule has 0 aliphatic carbocycles. The summed E-state index contributed by atoms with van der Waals surface area (Å²) in [6.45, 7) is 0. The lowest BCUT2D eigenvalue weighted by atomic mass is 10.0. The molecule has 1 atom stereocenters. The first-order valence-corrected chi connectivity index (χ1v) is 6.28. The van der Waals surface area contributed by atoms with Crippen LogP contribution in [0.4, 0.5) is 13.2 Å². The molecule has 0 bridgehead atoms. The number of rotatable bonds is 3. The van der Waals surface area contributed by atoms with Gasteiger partial charge in [-0.25, -0.2) is 0 Å². The Bertz CT molecular complexity index is 589. The highest BCUT2D eigenvalue weighted by Crippen LogP contribution is 2.32. The molecule has 1 aromatic carbocycles. The fourth-order valence-corrected chi connectivity index (χ4v) is 2.15. The number of nitrogens with zero attached hydrogens (tertiary/aromatic N) is 1. The Morgan fingerprint density at radius 1 is 1.19 bits per heavy atom. The average Bonchev–Trinajstić information content (AvgIpc) is 2.38. The highest BCUT2D eigenvalue weighted by molar-refractivity contribution is 6.31. The zero-order chi connectivity index (χ0) is 14.8. The van der Waals surface area contributed by atoms with Crippen molar-refractivity contribution in [2.75, 3.05) is 0 Å². The van der Waals surface area contributed by atoms with Crippen LogP contribution in [0.3, 0.4) is 0 Å². The lowest BCUT2D eigenvalue weighted by molar-refractivity contribution is -0.137. The van der Waals surface area contributed by atoms with Crippen LogP contribution in [0.2, 0.25) is 5.02 Å². The van der Waals surface area contributed by atoms with Crippen LogP contribution in [-0.2, 0) is 12.6 Å². The highest BCUT2D eigenvalue weighted by atomic mass is 35.5. The van der Waals surface area contributed by atoms with E-state index in [1.54, 1.807) is 0 Å². The van der Waals surface area contributed by atoms with E-state index >= 15 is 0 Å². The Kier molecular flexibility index (Phi) is 6.01. The van der Waals surface area contributed by atoms with Crippen LogP contribution in [0.5, 0.6) is 0 Å². The van der Waals surface area contributed by atoms with Gasteiger partial charge in [0.25, 0.3) is 0 Å². The van der Waals surface area contributed by atoms with Gasteiger partial charge in [0.2, 0.25) is 0 Å². The van der Waals surface area contributed by atoms with Gasteiger partial charge >= 0.3 is 6.18 Å². The minimum Gasteiger partial charge on any atom is -1.00 e. The largest absolute Gasteiger partial charge is 1.00 e. The molecule has 1 aromatic heterocycles. The molecule has 1 heterocycles. The smallest absolute Gasteiger partial charge is 0.417 e. The summed E-state index contributed by atoms with van der Waals surface area (Å²) < 4.78 is 37.6. The van der Waals surface area contributed by atoms with E-state index in [1.807, 2.05) is 30.3 Å². The summed E-state index contributed by atoms with van der Waals surface area (Å²) in [6.07, 6.45) is -3.25. The van der Waals surface area contributed by atoms with Crippen LogP contribution in [0.25, 0.3) is 0 Å². The normalized spacial score (nSPS) is 12.6. The van der Waals surface area contributed by atoms with E-state index in [4.69, 9.17) is 17.3 Å². The van der Waals surface area contributed by atoms with E-state index in [0.29, 0.717) is 6.42 Å². The number of alkyl halides is 3. The predicted octanol–water partition coefficient (Wildman–Crippen LogP) is 1.00. The molecule has 7 heteroatoms. The highest BCUT2D eigenvalue weighted by Gasteiger charge is 2.32. The van der Waals surface area contributed by atoms with Gasteiger partial charge in [-0.1, -0.05) is 41.9 Å². The van der Waals surface area contributed by atoms with Gasteiger partial charge < -0.3 is 18.1 Å². The van der Waals surface area contributed by atoms with Gasteiger partial charge in [0.05, 0.1) is 22.3 Å². The summed E-state index contributed by atoms with van der Waals surface area (Å²) in [7, 11) is 0. The van der Waals surface area contributed by atoms with Gasteiger partial charge in [0.15, 0.2) is 0 Å². The Balaban J connectivity index is 0.00000220. The Labute approximate surface area is 131 Å². The zero-order valence-corrected chi connectivity index (χ0v) is 12.3. The van der Waals surface area contributed by atoms with E-state index in [1.165, 1.54) is 0 Å². The molecule has 2 aromatic rings. The van der Waals surface area contributed by atoms with Crippen molar-refractivity contribution in [2.45, 2.75) is 18.6 Å². The minimum atomic E-state index is -4.46. The molecule has 0 spiro atoms. The maximum atomic E-state index is 12.5. The summed E-state index contributed by atoms with van der Waals surface area (Å²) in [6, 6.07) is 9.68. The van der Waals surface area contributed by atoms with Crippen LogP contribution in [0, 0.1) is 0 Å². The van der Waals surface area contributed by atoms with Crippen molar-refractivity contribution in [2.24, 2.45) is 5.73 Å². The average molecular weight is 336 g/mol. The van der Waals surface area contributed by atoms with Gasteiger partial charge in [-0.15, -0.1) is 0 Å². The lowest BCUT2D eigenvalue weighted by Crippen LogP contribution is -3.00. The van der Waals surface area contributed by atoms with Crippen molar-refractivity contribution in [3.63, 3.8) is 0 Å². The van der Waals surface area contributed by atoms with Crippen LogP contribution >= 0.6 is 11.6 Å². The van der Waals surface area contributed by atoms with E-state index in [0.717, 1.165) is 17.8 Å². The molecule has 0 amide bonds. The maximum Gasteiger partial charge on any atom is 0.417 e. The van der Waals surface area contributed by atoms with E-state index in [9.17, 15) is 13.2 Å². The SMILES string of the molecule is NC(Cc1ccccc1)c1ncc(C(F)(F)F)cc1Cl.[Cl-]. The van der Waals surface area contributed by atoms with Crippen molar-refractivity contribution >= 4 is 11.6 Å². The van der Waals surface area contributed by atoms with Crippen molar-refractivity contribution in [1.82, 2.24) is 4.98 Å². The molecule has 2 rings (SSSR count). The number of hydrogen-bond donors (Lipinski definition) is 1. The fraction of sp³-hybridized carbons (Fsp3) is 0.214. The molecule has 1 unspecified atom stereocenters. The molecular weight excluding hydrogens is 324 g/mol. The third kappa shape index (κ3) is 4.59. The monoisotopic (exact) mass is 335 g/mol. The number of hydrogen-bond acceptors (Lipinski definition) is 2. The molecule has 0 saturated carbocycles. The van der Waals surface area contributed by atoms with Crippen molar-refractivity contribution in [1.29, 1.82) is 0 Å². The summed E-state index contributed by atoms with van der Waals surface area (Å²) in [5, 5.41) is -0.0664. The maximum absolute atomic E-state index is 12.5. The molecule has 0 radical (unpaired) electrons. The number of aromatic nitrogens is 1. The summed E-state index contributed by atoms with van der Waals surface area (Å²) in [5.74, 6) is 0. The predicted molar refractivity (Wildman–Crippen MR) is 71.3 cm³/mol. The third-order valence-electron chi connectivity index (χ3n) is 2.85. The second-order valence-electron chi connectivity index (χ2n) is 4.39. The zero-order valence-electron chi connectivity index (χ0n) is 10.7. The molecule has 21 heavy (non-hydrogen) atoms. The number of pyridine rings is 1. The van der Waals surface area contributed by atoms with Gasteiger partial charge in [0, 0.05) is 6.20 Å². The van der Waals surface area contributed by atoms with E-state index < -0.39 is 17.8 Å². The third-order valence-corrected chi connectivity index (χ3v) is 3.15. The molecule has 2 nitrogen and oxygen atoms in total. The molecule has 114 valence electrons. The first kappa shape index (κ1) is 17.8. The van der Waals surface area contributed by atoms with Gasteiger partial charge in [-0.3, -0.25) is 4.98 Å². The van der Waals surface area contributed by atoms with E-state index in [-0.39, 0.29) is 23.1 Å². The summed E-state index contributed by atoms with van der Waals surface area (Å²) >= 11 is 5.85. The van der Waals surface area contributed by atoms with Crippen molar-refractivity contribution in [3.8, 4) is 0 Å². The summed E-state index contributed by atoms with van der Waals surface area (Å²) in [5.41, 5.74) is 6.32. The quantitative estimate of drug-likeness (QED) is 0.908. The van der Waals surface area contributed by atoms with Gasteiger partial charge in [0.1, 0.15) is 0 Å². The first-order chi connectivity index (χ1) is 9.38. The fourth-order valence-electron chi connectivity index (χ4n) is 1.84. The van der Waals surface area contributed by atoms with E-state index in [2.05, 4.69) is 4.98 Å². The van der Waals surface area contributed by atoms with Crippen LogP contribution in [-0.4, -0.2) is 4.98 Å². The van der Waals surface area contributed by atoms with Gasteiger partial charge in [-0.2, -0.15) is 13.2 Å². The number of nitrogens with two attached hydrogens (primary N) is 1. The molecule has 0 aliphatic rings. The van der Waals surface area contributed by atoms with Crippen molar-refractivity contribution < 1.29 is 25.6 Å². The minimum absolute atomic E-state index is 0.